The summed E-state index contributed by atoms with van der Waals surface area (Å²) in [6.07, 6.45) is 1.33. The number of aliphatic hydroxyl groups is 1. The molecule has 4 N–H and O–H groups in total. The van der Waals surface area contributed by atoms with Gasteiger partial charge < -0.3 is 25.6 Å². The predicted molar refractivity (Wildman–Crippen MR) is 71.2 cm³/mol. The number of carbonyl (C=O) groups is 1. The molecule has 0 radical (unpaired) electrons. The van der Waals surface area contributed by atoms with Crippen molar-refractivity contribution in [3.8, 4) is 5.75 Å². The highest BCUT2D eigenvalue weighted by Crippen LogP contribution is 2.17. The molecule has 6 heteroatoms. The summed E-state index contributed by atoms with van der Waals surface area (Å²) in [6.45, 7) is 0.297. The van der Waals surface area contributed by atoms with Crippen LogP contribution in [0.25, 0.3) is 5.70 Å². The molecule has 6 nitrogen and oxygen atoms in total. The van der Waals surface area contributed by atoms with Crippen LogP contribution in [0, 0.1) is 0 Å². The molecule has 1 aromatic carbocycles. The van der Waals surface area contributed by atoms with Crippen LogP contribution in [-0.4, -0.2) is 37.9 Å². The molecule has 0 aromatic heterocycles. The third-order valence-corrected chi connectivity index (χ3v) is 2.33. The minimum Gasteiger partial charge on any atom is -0.502 e. The van der Waals surface area contributed by atoms with Crippen molar-refractivity contribution in [1.82, 2.24) is 5.32 Å². The first-order valence-corrected chi connectivity index (χ1v) is 5.75. The monoisotopic (exact) mass is 266 g/mol. The molecule has 0 aliphatic rings. The standard InChI is InChI=1S/C13H18N2O4/c1-18-8-13(15-9-16)10-2-4-12(5-3-10)19-7-11(17)6-14/h2-5,8-9,11,17H,6-7,14H2,1H3,(H,15,16). The number of amides is 1. The summed E-state index contributed by atoms with van der Waals surface area (Å²) in [7, 11) is 1.50. The third kappa shape index (κ3) is 4.99. The Hall–Kier alpha value is -2.05. The fourth-order valence-corrected chi connectivity index (χ4v) is 1.36. The van der Waals surface area contributed by atoms with Crippen molar-refractivity contribution in [2.75, 3.05) is 20.3 Å². The van der Waals surface area contributed by atoms with Crippen molar-refractivity contribution in [1.29, 1.82) is 0 Å². The number of nitrogens with one attached hydrogen (secondary N) is 1. The van der Waals surface area contributed by atoms with Gasteiger partial charge in [0.15, 0.2) is 0 Å². The summed E-state index contributed by atoms with van der Waals surface area (Å²) >= 11 is 0. The zero-order valence-electron chi connectivity index (χ0n) is 10.7. The van der Waals surface area contributed by atoms with Crippen LogP contribution in [0.4, 0.5) is 0 Å². The smallest absolute Gasteiger partial charge is 0.211 e. The quantitative estimate of drug-likeness (QED) is 0.457. The van der Waals surface area contributed by atoms with E-state index in [1.54, 1.807) is 24.3 Å². The molecule has 1 atom stereocenters. The summed E-state index contributed by atoms with van der Waals surface area (Å²) in [5, 5.41) is 11.8. The molecule has 1 unspecified atom stereocenters. The van der Waals surface area contributed by atoms with Crippen LogP contribution in [0.1, 0.15) is 5.56 Å². The highest BCUT2D eigenvalue weighted by atomic mass is 16.5. The molecular weight excluding hydrogens is 248 g/mol. The van der Waals surface area contributed by atoms with E-state index in [4.69, 9.17) is 15.2 Å². The molecule has 0 aliphatic heterocycles. The number of methoxy groups -OCH3 is 1. The van der Waals surface area contributed by atoms with E-state index in [1.807, 2.05) is 0 Å². The van der Waals surface area contributed by atoms with Crippen LogP contribution in [-0.2, 0) is 9.53 Å². The number of carbonyl (C=O) groups excluding carboxylic acids is 1. The lowest BCUT2D eigenvalue weighted by Crippen LogP contribution is -2.26. The first kappa shape index (κ1) is 15.0. The van der Waals surface area contributed by atoms with Gasteiger partial charge in [0.05, 0.1) is 12.8 Å². The van der Waals surface area contributed by atoms with Crippen molar-refractivity contribution in [3.63, 3.8) is 0 Å². The van der Waals surface area contributed by atoms with Gasteiger partial charge in [0.2, 0.25) is 6.41 Å². The summed E-state index contributed by atoms with van der Waals surface area (Å²) < 4.78 is 10.2. The van der Waals surface area contributed by atoms with Gasteiger partial charge in [-0.2, -0.15) is 0 Å². The molecule has 19 heavy (non-hydrogen) atoms. The molecule has 1 rings (SSSR count). The number of ether oxygens (including phenoxy) is 2. The van der Waals surface area contributed by atoms with Gasteiger partial charge in [0, 0.05) is 12.1 Å². The number of nitrogens with two attached hydrogens (primary N) is 1. The Morgan fingerprint density at radius 1 is 1.47 bits per heavy atom. The maximum atomic E-state index is 10.5. The van der Waals surface area contributed by atoms with Crippen molar-refractivity contribution in [3.05, 3.63) is 36.1 Å². The van der Waals surface area contributed by atoms with Gasteiger partial charge >= 0.3 is 0 Å². The van der Waals surface area contributed by atoms with Gasteiger partial charge in [-0.1, -0.05) is 0 Å². The zero-order valence-corrected chi connectivity index (χ0v) is 10.7. The van der Waals surface area contributed by atoms with Crippen LogP contribution < -0.4 is 15.8 Å². The van der Waals surface area contributed by atoms with Crippen LogP contribution in [0.15, 0.2) is 30.5 Å². The van der Waals surface area contributed by atoms with E-state index in [2.05, 4.69) is 5.32 Å². The lowest BCUT2D eigenvalue weighted by molar-refractivity contribution is -0.108. The Kier molecular flexibility index (Phi) is 6.42. The van der Waals surface area contributed by atoms with Crippen molar-refractivity contribution >= 4 is 12.1 Å². The normalized spacial score (nSPS) is 12.7. The van der Waals surface area contributed by atoms with Crippen molar-refractivity contribution in [2.45, 2.75) is 6.10 Å². The molecule has 0 heterocycles. The minimum atomic E-state index is -0.680. The summed E-state index contributed by atoms with van der Waals surface area (Å²) in [4.78, 5) is 10.5. The van der Waals surface area contributed by atoms with Crippen LogP contribution in [0.3, 0.4) is 0 Å². The molecule has 0 saturated heterocycles. The Morgan fingerprint density at radius 3 is 2.68 bits per heavy atom. The second-order valence-electron chi connectivity index (χ2n) is 3.75. The van der Waals surface area contributed by atoms with E-state index in [0.717, 1.165) is 5.56 Å². The first-order valence-electron chi connectivity index (χ1n) is 5.75. The van der Waals surface area contributed by atoms with E-state index in [0.29, 0.717) is 17.9 Å². The maximum absolute atomic E-state index is 10.5. The summed E-state index contributed by atoms with van der Waals surface area (Å²) in [5.74, 6) is 0.610. The molecule has 0 saturated carbocycles. The van der Waals surface area contributed by atoms with E-state index in [9.17, 15) is 9.90 Å². The maximum Gasteiger partial charge on any atom is 0.211 e. The molecular formula is C13H18N2O4. The predicted octanol–water partition coefficient (Wildman–Crippen LogP) is 0.0758. The lowest BCUT2D eigenvalue weighted by atomic mass is 10.1. The SMILES string of the molecule is COC=C(NC=O)c1ccc(OCC(O)CN)cc1. The highest BCUT2D eigenvalue weighted by molar-refractivity contribution is 5.73. The molecule has 0 bridgehead atoms. The number of rotatable bonds is 8. The lowest BCUT2D eigenvalue weighted by Gasteiger charge is -2.11. The third-order valence-electron chi connectivity index (χ3n) is 2.33. The number of benzene rings is 1. The average Bonchev–Trinajstić information content (AvgIpc) is 2.45. The van der Waals surface area contributed by atoms with Gasteiger partial charge in [-0.25, -0.2) is 0 Å². The molecule has 0 fully saturated rings. The summed E-state index contributed by atoms with van der Waals surface area (Å²) in [5.41, 5.74) is 6.60. The van der Waals surface area contributed by atoms with E-state index < -0.39 is 6.10 Å². The minimum absolute atomic E-state index is 0.142. The Balaban J connectivity index is 2.69. The Labute approximate surface area is 111 Å². The number of aliphatic hydroxyl groups excluding tert-OH is 1. The molecule has 1 aromatic rings. The van der Waals surface area contributed by atoms with Crippen LogP contribution in [0.2, 0.25) is 0 Å². The van der Waals surface area contributed by atoms with Crippen molar-refractivity contribution < 1.29 is 19.4 Å². The zero-order chi connectivity index (χ0) is 14.1. The second kappa shape index (κ2) is 8.12. The number of hydrogen-bond donors (Lipinski definition) is 3. The molecule has 104 valence electrons. The topological polar surface area (TPSA) is 93.8 Å². The second-order valence-corrected chi connectivity index (χ2v) is 3.75. The van der Waals surface area contributed by atoms with E-state index in [1.165, 1.54) is 13.4 Å². The fraction of sp³-hybridized carbons (Fsp3) is 0.308. The Morgan fingerprint density at radius 2 is 2.16 bits per heavy atom. The Bertz CT molecular complexity index is 417. The molecule has 0 aliphatic carbocycles. The highest BCUT2D eigenvalue weighted by Gasteiger charge is 2.04. The van der Waals surface area contributed by atoms with Gasteiger partial charge in [0.25, 0.3) is 0 Å². The largest absolute Gasteiger partial charge is 0.502 e. The van der Waals surface area contributed by atoms with Crippen LogP contribution >= 0.6 is 0 Å². The number of hydrogen-bond acceptors (Lipinski definition) is 5. The fourth-order valence-electron chi connectivity index (χ4n) is 1.36. The van der Waals surface area contributed by atoms with Gasteiger partial charge in [-0.3, -0.25) is 4.79 Å². The molecule has 0 spiro atoms. The van der Waals surface area contributed by atoms with Gasteiger partial charge in [-0.05, 0) is 24.3 Å². The van der Waals surface area contributed by atoms with Crippen molar-refractivity contribution in [2.24, 2.45) is 5.73 Å². The average molecular weight is 266 g/mol. The van der Waals surface area contributed by atoms with Gasteiger partial charge in [0.1, 0.15) is 24.7 Å². The van der Waals surface area contributed by atoms with E-state index >= 15 is 0 Å². The van der Waals surface area contributed by atoms with E-state index in [-0.39, 0.29) is 13.2 Å². The first-order chi connectivity index (χ1) is 9.21. The van der Waals surface area contributed by atoms with Gasteiger partial charge in [-0.15, -0.1) is 0 Å². The molecule has 1 amide bonds. The summed E-state index contributed by atoms with van der Waals surface area (Å²) in [6, 6.07) is 7.00. The van der Waals surface area contributed by atoms with Crippen LogP contribution in [0.5, 0.6) is 5.75 Å².